The highest BCUT2D eigenvalue weighted by Gasteiger charge is 2.16. The number of ether oxygens (including phenoxy) is 1. The number of nitrogens with zero attached hydrogens (tertiary/aromatic N) is 1. The van der Waals surface area contributed by atoms with Crippen molar-refractivity contribution in [3.63, 3.8) is 0 Å². The van der Waals surface area contributed by atoms with Crippen LogP contribution in [0.1, 0.15) is 31.2 Å². The standard InChI is InChI=1S/C17H27N3OS/c1-13(15-8-4-5-9-16(15)21-3)11-19-17(18-2)20-12-14-7-6-10-22-14/h4-5,8-9,13-14H,6-7,10-12H2,1-3H3,(H2,18,19,20). The maximum Gasteiger partial charge on any atom is 0.191 e. The zero-order valence-corrected chi connectivity index (χ0v) is 14.6. The van der Waals surface area contributed by atoms with Crippen LogP contribution in [0.15, 0.2) is 29.3 Å². The highest BCUT2D eigenvalue weighted by atomic mass is 32.2. The Balaban J connectivity index is 1.81. The van der Waals surface area contributed by atoms with Crippen LogP contribution in [0.4, 0.5) is 0 Å². The zero-order valence-electron chi connectivity index (χ0n) is 13.8. The summed E-state index contributed by atoms with van der Waals surface area (Å²) in [4.78, 5) is 4.31. The minimum absolute atomic E-state index is 0.357. The maximum absolute atomic E-state index is 5.44. The van der Waals surface area contributed by atoms with Gasteiger partial charge >= 0.3 is 0 Å². The van der Waals surface area contributed by atoms with Gasteiger partial charge in [-0.2, -0.15) is 11.8 Å². The minimum Gasteiger partial charge on any atom is -0.496 e. The molecule has 0 amide bonds. The van der Waals surface area contributed by atoms with E-state index in [1.54, 1.807) is 7.11 Å². The summed E-state index contributed by atoms with van der Waals surface area (Å²) in [6.45, 7) is 4.02. The molecule has 2 N–H and O–H groups in total. The Morgan fingerprint density at radius 3 is 2.91 bits per heavy atom. The van der Waals surface area contributed by atoms with Crippen molar-refractivity contribution in [3.8, 4) is 5.75 Å². The highest BCUT2D eigenvalue weighted by molar-refractivity contribution is 8.00. The van der Waals surface area contributed by atoms with Crippen LogP contribution in [0.25, 0.3) is 0 Å². The van der Waals surface area contributed by atoms with E-state index >= 15 is 0 Å². The second-order valence-corrected chi connectivity index (χ2v) is 7.02. The van der Waals surface area contributed by atoms with Crippen LogP contribution in [0, 0.1) is 0 Å². The van der Waals surface area contributed by atoms with E-state index < -0.39 is 0 Å². The first kappa shape index (κ1) is 17.0. The van der Waals surface area contributed by atoms with E-state index in [2.05, 4.69) is 46.4 Å². The predicted molar refractivity (Wildman–Crippen MR) is 96.3 cm³/mol. The molecule has 1 aliphatic rings. The SMILES string of the molecule is CN=C(NCC1CCCS1)NCC(C)c1ccccc1OC. The van der Waals surface area contributed by atoms with Crippen molar-refractivity contribution in [1.29, 1.82) is 0 Å². The van der Waals surface area contributed by atoms with E-state index in [-0.39, 0.29) is 0 Å². The van der Waals surface area contributed by atoms with Gasteiger partial charge in [-0.25, -0.2) is 0 Å². The van der Waals surface area contributed by atoms with Crippen LogP contribution < -0.4 is 15.4 Å². The van der Waals surface area contributed by atoms with E-state index in [1.165, 1.54) is 24.2 Å². The number of methoxy groups -OCH3 is 1. The fourth-order valence-electron chi connectivity index (χ4n) is 2.67. The van der Waals surface area contributed by atoms with Gasteiger partial charge < -0.3 is 15.4 Å². The average molecular weight is 321 g/mol. The topological polar surface area (TPSA) is 45.7 Å². The lowest BCUT2D eigenvalue weighted by Gasteiger charge is -2.19. The third-order valence-electron chi connectivity index (χ3n) is 3.99. The summed E-state index contributed by atoms with van der Waals surface area (Å²) in [7, 11) is 3.55. The Labute approximate surface area is 138 Å². The molecule has 1 heterocycles. The van der Waals surface area contributed by atoms with Crippen molar-refractivity contribution in [2.24, 2.45) is 4.99 Å². The molecule has 0 aromatic heterocycles. The lowest BCUT2D eigenvalue weighted by molar-refractivity contribution is 0.406. The van der Waals surface area contributed by atoms with E-state index in [4.69, 9.17) is 4.74 Å². The number of aliphatic imine (C=N–C) groups is 1. The molecule has 1 aromatic rings. The van der Waals surface area contributed by atoms with Gasteiger partial charge in [0.2, 0.25) is 0 Å². The van der Waals surface area contributed by atoms with Gasteiger partial charge in [0, 0.05) is 31.3 Å². The molecule has 122 valence electrons. The highest BCUT2D eigenvalue weighted by Crippen LogP contribution is 2.26. The first-order valence-corrected chi connectivity index (χ1v) is 8.98. The first-order chi connectivity index (χ1) is 10.7. The molecule has 0 bridgehead atoms. The van der Waals surface area contributed by atoms with Gasteiger partial charge in [0.05, 0.1) is 7.11 Å². The summed E-state index contributed by atoms with van der Waals surface area (Å²) in [5.41, 5.74) is 1.22. The van der Waals surface area contributed by atoms with E-state index in [0.717, 1.165) is 30.0 Å². The second kappa shape index (κ2) is 8.93. The molecular weight excluding hydrogens is 294 g/mol. The number of hydrogen-bond donors (Lipinski definition) is 2. The third-order valence-corrected chi connectivity index (χ3v) is 5.39. The fraction of sp³-hybridized carbons (Fsp3) is 0.588. The van der Waals surface area contributed by atoms with Gasteiger partial charge in [0.25, 0.3) is 0 Å². The molecule has 4 nitrogen and oxygen atoms in total. The molecule has 0 radical (unpaired) electrons. The molecule has 2 atom stereocenters. The smallest absolute Gasteiger partial charge is 0.191 e. The number of guanidine groups is 1. The Hall–Kier alpha value is -1.36. The average Bonchev–Trinajstić information content (AvgIpc) is 3.08. The van der Waals surface area contributed by atoms with Crippen LogP contribution in [-0.4, -0.2) is 44.2 Å². The Kier molecular flexibility index (Phi) is 6.90. The second-order valence-electron chi connectivity index (χ2n) is 5.61. The molecule has 5 heteroatoms. The lowest BCUT2D eigenvalue weighted by Crippen LogP contribution is -2.41. The molecular formula is C17H27N3OS. The molecule has 22 heavy (non-hydrogen) atoms. The van der Waals surface area contributed by atoms with Gasteiger partial charge in [-0.05, 0) is 30.2 Å². The number of nitrogens with one attached hydrogen (secondary N) is 2. The molecule has 1 aliphatic heterocycles. The summed E-state index contributed by atoms with van der Waals surface area (Å²) in [5, 5.41) is 7.58. The molecule has 1 fully saturated rings. The normalized spacial score (nSPS) is 19.8. The largest absolute Gasteiger partial charge is 0.496 e. The molecule has 0 aliphatic carbocycles. The van der Waals surface area contributed by atoms with Crippen molar-refractivity contribution in [3.05, 3.63) is 29.8 Å². The van der Waals surface area contributed by atoms with Crippen molar-refractivity contribution >= 4 is 17.7 Å². The summed E-state index contributed by atoms with van der Waals surface area (Å²) in [6.07, 6.45) is 2.65. The van der Waals surface area contributed by atoms with Crippen molar-refractivity contribution in [1.82, 2.24) is 10.6 Å². The molecule has 1 saturated heterocycles. The monoisotopic (exact) mass is 321 g/mol. The van der Waals surface area contributed by atoms with Crippen molar-refractivity contribution < 1.29 is 4.74 Å². The number of para-hydroxylation sites is 1. The van der Waals surface area contributed by atoms with Crippen LogP contribution in [0.3, 0.4) is 0 Å². The lowest BCUT2D eigenvalue weighted by atomic mass is 10.0. The Morgan fingerprint density at radius 2 is 2.23 bits per heavy atom. The number of benzene rings is 1. The van der Waals surface area contributed by atoms with E-state index in [9.17, 15) is 0 Å². The van der Waals surface area contributed by atoms with Gasteiger partial charge in [-0.3, -0.25) is 4.99 Å². The first-order valence-electron chi connectivity index (χ1n) is 7.93. The maximum atomic E-state index is 5.44. The minimum atomic E-state index is 0.357. The summed E-state index contributed by atoms with van der Waals surface area (Å²) in [6, 6.07) is 8.19. The van der Waals surface area contributed by atoms with Gasteiger partial charge in [-0.1, -0.05) is 25.1 Å². The number of rotatable bonds is 6. The predicted octanol–water partition coefficient (Wildman–Crippen LogP) is 2.86. The summed E-state index contributed by atoms with van der Waals surface area (Å²) in [5.74, 6) is 3.48. The summed E-state index contributed by atoms with van der Waals surface area (Å²) < 4.78 is 5.44. The molecule has 0 spiro atoms. The van der Waals surface area contributed by atoms with Crippen molar-refractivity contribution in [2.75, 3.05) is 33.0 Å². The Morgan fingerprint density at radius 1 is 1.41 bits per heavy atom. The quantitative estimate of drug-likeness (QED) is 0.625. The van der Waals surface area contributed by atoms with E-state index in [0.29, 0.717) is 5.92 Å². The number of thioether (sulfide) groups is 1. The zero-order chi connectivity index (χ0) is 15.8. The molecule has 2 unspecified atom stereocenters. The fourth-order valence-corrected chi connectivity index (χ4v) is 3.87. The van der Waals surface area contributed by atoms with Crippen LogP contribution >= 0.6 is 11.8 Å². The molecule has 0 saturated carbocycles. The third kappa shape index (κ3) is 4.83. The van der Waals surface area contributed by atoms with Gasteiger partial charge in [-0.15, -0.1) is 0 Å². The Bertz CT molecular complexity index is 487. The molecule has 2 rings (SSSR count). The van der Waals surface area contributed by atoms with Crippen LogP contribution in [0.2, 0.25) is 0 Å². The molecule has 1 aromatic carbocycles. The number of hydrogen-bond acceptors (Lipinski definition) is 3. The van der Waals surface area contributed by atoms with Crippen molar-refractivity contribution in [2.45, 2.75) is 30.9 Å². The van der Waals surface area contributed by atoms with Gasteiger partial charge in [0.1, 0.15) is 5.75 Å². The summed E-state index contributed by atoms with van der Waals surface area (Å²) >= 11 is 2.06. The van der Waals surface area contributed by atoms with Gasteiger partial charge in [0.15, 0.2) is 5.96 Å². The van der Waals surface area contributed by atoms with Crippen LogP contribution in [-0.2, 0) is 0 Å². The van der Waals surface area contributed by atoms with Crippen LogP contribution in [0.5, 0.6) is 5.75 Å². The van der Waals surface area contributed by atoms with E-state index in [1.807, 2.05) is 19.2 Å².